The minimum atomic E-state index is -4.10. The van der Waals surface area contributed by atoms with Gasteiger partial charge < -0.3 is 10.1 Å². The number of rotatable bonds is 9. The van der Waals surface area contributed by atoms with Gasteiger partial charge in [0.05, 0.1) is 6.61 Å². The summed E-state index contributed by atoms with van der Waals surface area (Å²) in [5.74, 6) is 0.579. The van der Waals surface area contributed by atoms with Gasteiger partial charge in [0.2, 0.25) is 0 Å². The van der Waals surface area contributed by atoms with Crippen LogP contribution < -0.4 is 5.32 Å². The molecule has 0 aliphatic heterocycles. The zero-order valence-electron chi connectivity index (χ0n) is 12.7. The first-order valence-corrected chi connectivity index (χ1v) is 7.30. The third kappa shape index (κ3) is 8.73. The second-order valence-corrected chi connectivity index (χ2v) is 5.56. The van der Waals surface area contributed by atoms with Crippen molar-refractivity contribution in [2.45, 2.75) is 46.0 Å². The van der Waals surface area contributed by atoms with E-state index < -0.39 is 12.6 Å². The van der Waals surface area contributed by atoms with Crippen LogP contribution in [0.2, 0.25) is 0 Å². The molecule has 0 radical (unpaired) electrons. The zero-order valence-corrected chi connectivity index (χ0v) is 12.7. The molecule has 0 saturated heterocycles. The van der Waals surface area contributed by atoms with Gasteiger partial charge in [-0.25, -0.2) is 0 Å². The van der Waals surface area contributed by atoms with Crippen LogP contribution in [0.5, 0.6) is 0 Å². The van der Waals surface area contributed by atoms with Crippen molar-refractivity contribution in [3.05, 3.63) is 35.4 Å². The van der Waals surface area contributed by atoms with Crippen molar-refractivity contribution in [2.75, 3.05) is 13.2 Å². The minimum Gasteiger partial charge on any atom is -0.377 e. The van der Waals surface area contributed by atoms with Crippen LogP contribution in [0, 0.1) is 5.92 Å². The number of halogens is 3. The molecule has 0 atom stereocenters. The van der Waals surface area contributed by atoms with Crippen molar-refractivity contribution in [2.24, 2.45) is 5.92 Å². The average molecular weight is 303 g/mol. The molecule has 5 heteroatoms. The van der Waals surface area contributed by atoms with Crippen molar-refractivity contribution < 1.29 is 17.9 Å². The molecule has 1 aromatic carbocycles. The first kappa shape index (κ1) is 18.0. The minimum absolute atomic E-state index is 0.0112. The van der Waals surface area contributed by atoms with E-state index in [-0.39, 0.29) is 13.0 Å². The number of hydrogen-bond acceptors (Lipinski definition) is 2. The molecule has 1 N–H and O–H groups in total. The van der Waals surface area contributed by atoms with E-state index >= 15 is 0 Å². The Morgan fingerprint density at radius 3 is 2.43 bits per heavy atom. The van der Waals surface area contributed by atoms with E-state index in [1.165, 1.54) is 0 Å². The van der Waals surface area contributed by atoms with Gasteiger partial charge in [-0.1, -0.05) is 38.1 Å². The number of benzene rings is 1. The maximum absolute atomic E-state index is 12.0. The van der Waals surface area contributed by atoms with Gasteiger partial charge in [0.1, 0.15) is 0 Å². The third-order valence-electron chi connectivity index (χ3n) is 2.99. The molecule has 0 fully saturated rings. The lowest BCUT2D eigenvalue weighted by Crippen LogP contribution is -2.19. The van der Waals surface area contributed by atoms with Crippen molar-refractivity contribution in [3.8, 4) is 0 Å². The molecule has 0 spiro atoms. The van der Waals surface area contributed by atoms with Gasteiger partial charge >= 0.3 is 6.18 Å². The van der Waals surface area contributed by atoms with Gasteiger partial charge in [0.25, 0.3) is 0 Å². The van der Waals surface area contributed by atoms with E-state index in [1.807, 2.05) is 24.3 Å². The summed E-state index contributed by atoms with van der Waals surface area (Å²) < 4.78 is 41.4. The van der Waals surface area contributed by atoms with E-state index in [9.17, 15) is 13.2 Å². The molecular formula is C16H24F3NO. The quantitative estimate of drug-likeness (QED) is 0.687. The predicted octanol–water partition coefficient (Wildman–Crippen LogP) is 4.29. The average Bonchev–Trinajstić information content (AvgIpc) is 2.38. The smallest absolute Gasteiger partial charge is 0.377 e. The molecule has 2 nitrogen and oxygen atoms in total. The Bertz CT molecular complexity index is 405. The highest BCUT2D eigenvalue weighted by molar-refractivity contribution is 5.26. The Balaban J connectivity index is 2.33. The van der Waals surface area contributed by atoms with Gasteiger partial charge in [-0.2, -0.15) is 13.2 Å². The summed E-state index contributed by atoms with van der Waals surface area (Å²) in [5.41, 5.74) is 2.16. The lowest BCUT2D eigenvalue weighted by atomic mass is 10.1. The molecule has 120 valence electrons. The number of nitrogens with one attached hydrogen (secondary N) is 1. The lowest BCUT2D eigenvalue weighted by molar-refractivity contribution is -0.138. The summed E-state index contributed by atoms with van der Waals surface area (Å²) >= 11 is 0. The van der Waals surface area contributed by atoms with Gasteiger partial charge in [0.15, 0.2) is 0 Å². The molecule has 0 heterocycles. The second-order valence-electron chi connectivity index (χ2n) is 5.56. The fourth-order valence-electron chi connectivity index (χ4n) is 1.92. The van der Waals surface area contributed by atoms with Gasteiger partial charge in [-0.3, -0.25) is 0 Å². The fraction of sp³-hybridized carbons (Fsp3) is 0.625. The lowest BCUT2D eigenvalue weighted by Gasteiger charge is -2.12. The summed E-state index contributed by atoms with van der Waals surface area (Å²) in [4.78, 5) is 0. The summed E-state index contributed by atoms with van der Waals surface area (Å²) in [6.45, 7) is 6.46. The van der Waals surface area contributed by atoms with Crippen LogP contribution in [-0.2, 0) is 17.9 Å². The Morgan fingerprint density at radius 2 is 1.81 bits per heavy atom. The van der Waals surface area contributed by atoms with Crippen LogP contribution in [0.4, 0.5) is 13.2 Å². The van der Waals surface area contributed by atoms with Crippen LogP contribution >= 0.6 is 0 Å². The summed E-state index contributed by atoms with van der Waals surface area (Å²) in [6, 6.07) is 7.85. The molecule has 0 unspecified atom stereocenters. The van der Waals surface area contributed by atoms with E-state index in [4.69, 9.17) is 4.74 Å². The zero-order chi connectivity index (χ0) is 15.7. The van der Waals surface area contributed by atoms with Crippen molar-refractivity contribution >= 4 is 0 Å². The summed E-state index contributed by atoms with van der Waals surface area (Å²) in [6.07, 6.45) is -4.87. The number of alkyl halides is 3. The third-order valence-corrected chi connectivity index (χ3v) is 2.99. The summed E-state index contributed by atoms with van der Waals surface area (Å²) in [5, 5.41) is 3.36. The molecule has 0 amide bonds. The van der Waals surface area contributed by atoms with Crippen LogP contribution in [0.25, 0.3) is 0 Å². The molecule has 1 aromatic rings. The number of ether oxygens (including phenoxy) is 1. The second kappa shape index (κ2) is 9.05. The highest BCUT2D eigenvalue weighted by Crippen LogP contribution is 2.21. The standard InChI is InChI=1S/C16H24F3NO/c1-13(2)10-20-11-14-6-3-4-7-15(14)12-21-9-5-8-16(17,18)19/h3-4,6-7,13,20H,5,8-12H2,1-2H3. The SMILES string of the molecule is CC(C)CNCc1ccccc1COCCCC(F)(F)F. The maximum Gasteiger partial charge on any atom is 0.389 e. The van der Waals surface area contributed by atoms with Crippen LogP contribution in [0.1, 0.15) is 37.8 Å². The van der Waals surface area contributed by atoms with E-state index in [0.717, 1.165) is 24.2 Å². The Hall–Kier alpha value is -1.07. The fourth-order valence-corrected chi connectivity index (χ4v) is 1.92. The Labute approximate surface area is 124 Å². The van der Waals surface area contributed by atoms with Crippen molar-refractivity contribution in [3.63, 3.8) is 0 Å². The first-order chi connectivity index (χ1) is 9.88. The molecule has 0 aliphatic carbocycles. The monoisotopic (exact) mass is 303 g/mol. The highest BCUT2D eigenvalue weighted by Gasteiger charge is 2.25. The van der Waals surface area contributed by atoms with Gasteiger partial charge in [0, 0.05) is 19.6 Å². The van der Waals surface area contributed by atoms with E-state index in [0.29, 0.717) is 12.5 Å². The molecule has 0 saturated carbocycles. The predicted molar refractivity (Wildman–Crippen MR) is 77.9 cm³/mol. The Kier molecular flexibility index (Phi) is 7.75. The Morgan fingerprint density at radius 1 is 1.14 bits per heavy atom. The first-order valence-electron chi connectivity index (χ1n) is 7.30. The van der Waals surface area contributed by atoms with Gasteiger partial charge in [-0.05, 0) is 30.0 Å². The van der Waals surface area contributed by atoms with Gasteiger partial charge in [-0.15, -0.1) is 0 Å². The molecular weight excluding hydrogens is 279 g/mol. The van der Waals surface area contributed by atoms with Crippen LogP contribution in [0.3, 0.4) is 0 Å². The normalized spacial score (nSPS) is 12.1. The summed E-state index contributed by atoms with van der Waals surface area (Å²) in [7, 11) is 0. The molecule has 0 aromatic heterocycles. The largest absolute Gasteiger partial charge is 0.389 e. The molecule has 21 heavy (non-hydrogen) atoms. The molecule has 0 aliphatic rings. The maximum atomic E-state index is 12.0. The van der Waals surface area contributed by atoms with Crippen molar-refractivity contribution in [1.82, 2.24) is 5.32 Å². The molecule has 1 rings (SSSR count). The van der Waals surface area contributed by atoms with Crippen molar-refractivity contribution in [1.29, 1.82) is 0 Å². The van der Waals surface area contributed by atoms with Crippen LogP contribution in [-0.4, -0.2) is 19.3 Å². The topological polar surface area (TPSA) is 21.3 Å². The van der Waals surface area contributed by atoms with E-state index in [1.54, 1.807) is 0 Å². The molecule has 0 bridgehead atoms. The van der Waals surface area contributed by atoms with Crippen LogP contribution in [0.15, 0.2) is 24.3 Å². The van der Waals surface area contributed by atoms with E-state index in [2.05, 4.69) is 19.2 Å². The number of hydrogen-bond donors (Lipinski definition) is 1. The highest BCUT2D eigenvalue weighted by atomic mass is 19.4.